The highest BCUT2D eigenvalue weighted by Gasteiger charge is 2.17. The topological polar surface area (TPSA) is 56.8 Å². The van der Waals surface area contributed by atoms with E-state index in [9.17, 15) is 0 Å². The third-order valence-electron chi connectivity index (χ3n) is 3.19. The van der Waals surface area contributed by atoms with Gasteiger partial charge in [0.2, 0.25) is 0 Å². The van der Waals surface area contributed by atoms with Crippen molar-refractivity contribution in [1.82, 2.24) is 0 Å². The summed E-state index contributed by atoms with van der Waals surface area (Å²) >= 11 is 0. The van der Waals surface area contributed by atoms with Gasteiger partial charge in [0, 0.05) is 20.1 Å². The molecule has 1 fully saturated rings. The summed E-state index contributed by atoms with van der Waals surface area (Å²) < 4.78 is 10.3. The Labute approximate surface area is 98.2 Å². The molecule has 1 aliphatic carbocycles. The first-order valence-electron chi connectivity index (χ1n) is 6.09. The van der Waals surface area contributed by atoms with Crippen molar-refractivity contribution in [3.8, 4) is 0 Å². The molecule has 1 aliphatic rings. The maximum atomic E-state index is 6.00. The molecule has 16 heavy (non-hydrogen) atoms. The molecular formula is C12H24N2O2. The Kier molecular flexibility index (Phi) is 6.42. The Bertz CT molecular complexity index is 213. The van der Waals surface area contributed by atoms with E-state index in [1.807, 2.05) is 0 Å². The fourth-order valence-corrected chi connectivity index (χ4v) is 2.12. The van der Waals surface area contributed by atoms with Gasteiger partial charge in [0.05, 0.1) is 25.1 Å². The highest BCUT2D eigenvalue weighted by Crippen LogP contribution is 2.23. The first kappa shape index (κ1) is 13.5. The van der Waals surface area contributed by atoms with Crippen LogP contribution in [0.15, 0.2) is 4.99 Å². The van der Waals surface area contributed by atoms with Gasteiger partial charge in [-0.3, -0.25) is 4.99 Å². The Morgan fingerprint density at radius 1 is 1.31 bits per heavy atom. The Morgan fingerprint density at radius 2 is 2.00 bits per heavy atom. The number of ether oxygens (including phenoxy) is 2. The normalized spacial score (nSPS) is 21.0. The lowest BCUT2D eigenvalue weighted by atomic mass is 9.88. The molecular weight excluding hydrogens is 204 g/mol. The molecule has 1 unspecified atom stereocenters. The smallest absolute Gasteiger partial charge is 0.0999 e. The SMILES string of the molecule is COCC(CN=C(N)C1CCCCC1)OC. The lowest BCUT2D eigenvalue weighted by molar-refractivity contribution is 0.0343. The molecule has 0 aromatic rings. The predicted molar refractivity (Wildman–Crippen MR) is 65.7 cm³/mol. The van der Waals surface area contributed by atoms with E-state index in [1.165, 1.54) is 32.1 Å². The van der Waals surface area contributed by atoms with E-state index >= 15 is 0 Å². The third-order valence-corrected chi connectivity index (χ3v) is 3.19. The van der Waals surface area contributed by atoms with Crippen molar-refractivity contribution < 1.29 is 9.47 Å². The molecule has 1 rings (SSSR count). The number of hydrogen-bond acceptors (Lipinski definition) is 3. The van der Waals surface area contributed by atoms with Crippen LogP contribution < -0.4 is 5.73 Å². The summed E-state index contributed by atoms with van der Waals surface area (Å²) in [6, 6.07) is 0. The molecule has 1 saturated carbocycles. The van der Waals surface area contributed by atoms with E-state index in [2.05, 4.69) is 4.99 Å². The monoisotopic (exact) mass is 228 g/mol. The van der Waals surface area contributed by atoms with Gasteiger partial charge >= 0.3 is 0 Å². The summed E-state index contributed by atoms with van der Waals surface area (Å²) in [7, 11) is 3.34. The van der Waals surface area contributed by atoms with Gasteiger partial charge in [-0.2, -0.15) is 0 Å². The van der Waals surface area contributed by atoms with Crippen LogP contribution in [0.5, 0.6) is 0 Å². The maximum Gasteiger partial charge on any atom is 0.0999 e. The van der Waals surface area contributed by atoms with Gasteiger partial charge in [-0.25, -0.2) is 0 Å². The second kappa shape index (κ2) is 7.63. The first-order chi connectivity index (χ1) is 7.77. The van der Waals surface area contributed by atoms with E-state index in [0.717, 1.165) is 5.84 Å². The molecule has 0 saturated heterocycles. The van der Waals surface area contributed by atoms with Crippen LogP contribution in [-0.4, -0.2) is 39.3 Å². The molecule has 0 aromatic heterocycles. The summed E-state index contributed by atoms with van der Waals surface area (Å²) in [5.74, 6) is 1.30. The van der Waals surface area contributed by atoms with E-state index in [0.29, 0.717) is 19.1 Å². The number of nitrogens with zero attached hydrogens (tertiary/aromatic N) is 1. The lowest BCUT2D eigenvalue weighted by Crippen LogP contribution is -2.28. The van der Waals surface area contributed by atoms with Crippen LogP contribution in [0.1, 0.15) is 32.1 Å². The molecule has 0 aliphatic heterocycles. The average molecular weight is 228 g/mol. The number of aliphatic imine (C=N–C) groups is 1. The minimum atomic E-state index is 0.0205. The van der Waals surface area contributed by atoms with Gasteiger partial charge in [0.25, 0.3) is 0 Å². The molecule has 4 nitrogen and oxygen atoms in total. The molecule has 1 atom stereocenters. The second-order valence-corrected chi connectivity index (χ2v) is 4.41. The number of rotatable bonds is 6. The van der Waals surface area contributed by atoms with Crippen molar-refractivity contribution in [3.63, 3.8) is 0 Å². The Hall–Kier alpha value is -0.610. The number of hydrogen-bond donors (Lipinski definition) is 1. The zero-order valence-corrected chi connectivity index (χ0v) is 10.4. The fourth-order valence-electron chi connectivity index (χ4n) is 2.12. The Balaban J connectivity index is 2.35. The quantitative estimate of drug-likeness (QED) is 0.555. The minimum absolute atomic E-state index is 0.0205. The van der Waals surface area contributed by atoms with E-state index in [4.69, 9.17) is 15.2 Å². The molecule has 0 heterocycles. The van der Waals surface area contributed by atoms with Gasteiger partial charge in [-0.15, -0.1) is 0 Å². The molecule has 0 amide bonds. The van der Waals surface area contributed by atoms with Crippen LogP contribution >= 0.6 is 0 Å². The zero-order chi connectivity index (χ0) is 11.8. The van der Waals surface area contributed by atoms with Crippen molar-refractivity contribution in [1.29, 1.82) is 0 Å². The maximum absolute atomic E-state index is 6.00. The standard InChI is InChI=1S/C12H24N2O2/c1-15-9-11(16-2)8-14-12(13)10-6-4-3-5-7-10/h10-11H,3-9H2,1-2H3,(H2,13,14). The molecule has 4 heteroatoms. The first-order valence-corrected chi connectivity index (χ1v) is 6.09. The summed E-state index contributed by atoms with van der Waals surface area (Å²) in [6.07, 6.45) is 6.31. The van der Waals surface area contributed by atoms with Crippen molar-refractivity contribution in [2.75, 3.05) is 27.4 Å². The number of nitrogens with two attached hydrogens (primary N) is 1. The van der Waals surface area contributed by atoms with Crippen LogP contribution in [0.25, 0.3) is 0 Å². The van der Waals surface area contributed by atoms with Crippen LogP contribution in [0, 0.1) is 5.92 Å². The van der Waals surface area contributed by atoms with Gasteiger partial charge in [-0.1, -0.05) is 19.3 Å². The van der Waals surface area contributed by atoms with E-state index < -0.39 is 0 Å². The van der Waals surface area contributed by atoms with Crippen molar-refractivity contribution in [2.24, 2.45) is 16.6 Å². The highest BCUT2D eigenvalue weighted by atomic mass is 16.5. The highest BCUT2D eigenvalue weighted by molar-refractivity contribution is 5.82. The molecule has 0 radical (unpaired) electrons. The van der Waals surface area contributed by atoms with Crippen molar-refractivity contribution in [3.05, 3.63) is 0 Å². The number of methoxy groups -OCH3 is 2. The molecule has 0 spiro atoms. The molecule has 0 aromatic carbocycles. The van der Waals surface area contributed by atoms with Gasteiger partial charge in [-0.05, 0) is 12.8 Å². The van der Waals surface area contributed by atoms with Crippen molar-refractivity contribution >= 4 is 5.84 Å². The van der Waals surface area contributed by atoms with Crippen LogP contribution in [0.2, 0.25) is 0 Å². The van der Waals surface area contributed by atoms with Gasteiger partial charge in [0.1, 0.15) is 0 Å². The largest absolute Gasteiger partial charge is 0.387 e. The fraction of sp³-hybridized carbons (Fsp3) is 0.917. The molecule has 94 valence electrons. The molecule has 0 bridgehead atoms. The zero-order valence-electron chi connectivity index (χ0n) is 10.4. The number of amidine groups is 1. The van der Waals surface area contributed by atoms with Crippen LogP contribution in [-0.2, 0) is 9.47 Å². The summed E-state index contributed by atoms with van der Waals surface area (Å²) in [6.45, 7) is 1.17. The van der Waals surface area contributed by atoms with Gasteiger partial charge in [0.15, 0.2) is 0 Å². The Morgan fingerprint density at radius 3 is 2.56 bits per heavy atom. The van der Waals surface area contributed by atoms with E-state index in [1.54, 1.807) is 14.2 Å². The molecule has 2 N–H and O–H groups in total. The van der Waals surface area contributed by atoms with Gasteiger partial charge < -0.3 is 15.2 Å². The summed E-state index contributed by atoms with van der Waals surface area (Å²) in [5.41, 5.74) is 6.00. The predicted octanol–water partition coefficient (Wildman–Crippen LogP) is 1.59. The second-order valence-electron chi connectivity index (χ2n) is 4.41. The van der Waals surface area contributed by atoms with E-state index in [-0.39, 0.29) is 6.10 Å². The average Bonchev–Trinajstić information content (AvgIpc) is 2.35. The summed E-state index contributed by atoms with van der Waals surface area (Å²) in [4.78, 5) is 4.43. The van der Waals surface area contributed by atoms with Crippen molar-refractivity contribution in [2.45, 2.75) is 38.2 Å². The van der Waals surface area contributed by atoms with Crippen LogP contribution in [0.4, 0.5) is 0 Å². The summed E-state index contributed by atoms with van der Waals surface area (Å²) in [5, 5.41) is 0. The minimum Gasteiger partial charge on any atom is -0.387 e. The lowest BCUT2D eigenvalue weighted by Gasteiger charge is -2.21. The van der Waals surface area contributed by atoms with Crippen LogP contribution in [0.3, 0.4) is 0 Å². The third kappa shape index (κ3) is 4.49.